The van der Waals surface area contributed by atoms with Gasteiger partial charge in [0.25, 0.3) is 0 Å². The number of halogens is 3. The van der Waals surface area contributed by atoms with E-state index in [0.717, 1.165) is 12.0 Å². The van der Waals surface area contributed by atoms with E-state index in [-0.39, 0.29) is 30.6 Å². The normalized spacial score (nSPS) is 15.4. The first-order valence-electron chi connectivity index (χ1n) is 12.3. The molecule has 184 valence electrons. The quantitative estimate of drug-likeness (QED) is 0.292. The van der Waals surface area contributed by atoms with Gasteiger partial charge >= 0.3 is 216 Å². The molecule has 0 N–H and O–H groups in total. The van der Waals surface area contributed by atoms with Crippen LogP contribution >= 0.6 is 0 Å². The standard InChI is InChI=1S/C13H9.C13H13.C7H5F.2ClH.Zr/c1-3-7-12-10(5-1)9-11-6-2-4-8-13(11)12;1-10-8-11(2)13(9-10)12-6-4-3-5-7-12;1-6-2-4-7(8)5-3-6;;;/h1-5,7-8H,9H2;3-7,9-10H,1-2H3;1-5H;2*1H;/q;;;;;+2/p-2. The number of fused-ring (bicyclic) bond motifs is 3. The van der Waals surface area contributed by atoms with Crippen molar-refractivity contribution in [3.8, 4) is 11.1 Å². The number of hydrogen-bond acceptors (Lipinski definition) is 0. The molecule has 0 saturated carbocycles. The molecule has 0 saturated heterocycles. The third-order valence-corrected chi connectivity index (χ3v) is 15.0. The molecule has 0 spiro atoms. The zero-order valence-electron chi connectivity index (χ0n) is 20.8. The summed E-state index contributed by atoms with van der Waals surface area (Å²) in [5.74, 6) is 0.219. The largest absolute Gasteiger partial charge is 1.00 e. The maximum absolute atomic E-state index is 13.7. The van der Waals surface area contributed by atoms with Crippen LogP contribution in [0.15, 0.2) is 112 Å². The van der Waals surface area contributed by atoms with Crippen molar-refractivity contribution in [2.75, 3.05) is 0 Å². The third kappa shape index (κ3) is 5.17. The number of benzene rings is 4. The molecule has 6 rings (SSSR count). The second-order valence-electron chi connectivity index (χ2n) is 9.55. The minimum absolute atomic E-state index is 0. The molecule has 4 aromatic carbocycles. The Labute approximate surface area is 238 Å². The van der Waals surface area contributed by atoms with Gasteiger partial charge in [0, 0.05) is 0 Å². The van der Waals surface area contributed by atoms with Gasteiger partial charge in [0.1, 0.15) is 0 Å². The maximum Gasteiger partial charge on any atom is -1.00 e. The van der Waals surface area contributed by atoms with Gasteiger partial charge in [-0.2, -0.15) is 0 Å². The van der Waals surface area contributed by atoms with Crippen LogP contribution in [-0.4, -0.2) is 3.71 Å². The van der Waals surface area contributed by atoms with E-state index in [2.05, 4.69) is 96.4 Å². The van der Waals surface area contributed by atoms with Crippen LogP contribution in [-0.2, 0) is 27.7 Å². The zero-order chi connectivity index (χ0) is 23.9. The predicted octanol–water partition coefficient (Wildman–Crippen LogP) is 1.51. The third-order valence-electron chi connectivity index (χ3n) is 7.38. The Hall–Kier alpha value is -2.38. The van der Waals surface area contributed by atoms with E-state index in [1.807, 2.05) is 12.1 Å². The van der Waals surface area contributed by atoms with Gasteiger partial charge in [-0.15, -0.1) is 0 Å². The average molecular weight is 605 g/mol. The maximum atomic E-state index is 13.7. The van der Waals surface area contributed by atoms with E-state index in [1.54, 1.807) is 18.7 Å². The number of allylic oxidation sites excluding steroid dienone is 4. The van der Waals surface area contributed by atoms with Crippen molar-refractivity contribution in [2.45, 2.75) is 20.3 Å². The van der Waals surface area contributed by atoms with Crippen molar-refractivity contribution >= 4 is 12.6 Å². The fraction of sp³-hybridized carbons (Fsp3) is 0.121. The fourth-order valence-electron chi connectivity index (χ4n) is 5.76. The van der Waals surface area contributed by atoms with Crippen LogP contribution in [0.2, 0.25) is 0 Å². The monoisotopic (exact) mass is 602 g/mol. The molecule has 2 aliphatic carbocycles. The summed E-state index contributed by atoms with van der Waals surface area (Å²) in [5.41, 5.74) is 10.9. The first-order valence-corrected chi connectivity index (χ1v) is 16.1. The van der Waals surface area contributed by atoms with E-state index in [4.69, 9.17) is 0 Å². The molecule has 2 aliphatic rings. The topological polar surface area (TPSA) is 0 Å². The van der Waals surface area contributed by atoms with Crippen molar-refractivity contribution in [1.82, 2.24) is 0 Å². The van der Waals surface area contributed by atoms with Gasteiger partial charge in [-0.1, -0.05) is 0 Å². The van der Waals surface area contributed by atoms with Gasteiger partial charge in [0.05, 0.1) is 0 Å². The molecule has 0 radical (unpaired) electrons. The van der Waals surface area contributed by atoms with E-state index in [9.17, 15) is 4.39 Å². The van der Waals surface area contributed by atoms with Crippen LogP contribution in [0.5, 0.6) is 0 Å². The summed E-state index contributed by atoms with van der Waals surface area (Å²) in [6, 6.07) is 33.6. The predicted molar refractivity (Wildman–Crippen MR) is 142 cm³/mol. The number of rotatable bonds is 4. The Morgan fingerprint density at radius 2 is 1.46 bits per heavy atom. The van der Waals surface area contributed by atoms with Gasteiger partial charge in [0.15, 0.2) is 0 Å². The summed E-state index contributed by atoms with van der Waals surface area (Å²) in [5, 5.41) is 0. The Morgan fingerprint density at radius 3 is 2.22 bits per heavy atom. The zero-order valence-corrected chi connectivity index (χ0v) is 24.8. The van der Waals surface area contributed by atoms with Crippen LogP contribution in [0.25, 0.3) is 16.7 Å². The van der Waals surface area contributed by atoms with Crippen LogP contribution < -0.4 is 28.1 Å². The van der Waals surface area contributed by atoms with E-state index >= 15 is 0 Å². The van der Waals surface area contributed by atoms with Crippen molar-refractivity contribution in [1.29, 1.82) is 0 Å². The molecular weight excluding hydrogens is 577 g/mol. The molecule has 0 amide bonds. The molecule has 0 heterocycles. The minimum atomic E-state index is -2.54. The first-order chi connectivity index (χ1) is 17.1. The molecule has 37 heavy (non-hydrogen) atoms. The SMILES string of the molecule is CC1=[C](/[Zr+2](=[CH]/c2ccc(F)cc2)[c]2cccc3c2Cc2ccccc2-3)C(C)C=C1c1ccccc1.[Cl-].[Cl-]. The fourth-order valence-corrected chi connectivity index (χ4v) is 13.3. The van der Waals surface area contributed by atoms with E-state index < -0.39 is 21.3 Å². The summed E-state index contributed by atoms with van der Waals surface area (Å²) >= 11 is -2.54. The van der Waals surface area contributed by atoms with Crippen LogP contribution in [0.3, 0.4) is 0 Å². The van der Waals surface area contributed by atoms with Crippen molar-refractivity contribution in [3.63, 3.8) is 0 Å². The van der Waals surface area contributed by atoms with Crippen LogP contribution in [0.4, 0.5) is 4.39 Å². The number of hydrogen-bond donors (Lipinski definition) is 0. The van der Waals surface area contributed by atoms with E-state index in [0.29, 0.717) is 5.92 Å². The van der Waals surface area contributed by atoms with Gasteiger partial charge < -0.3 is 24.8 Å². The van der Waals surface area contributed by atoms with Crippen LogP contribution in [0, 0.1) is 11.7 Å². The Morgan fingerprint density at radius 1 is 0.784 bits per heavy atom. The Bertz CT molecular complexity index is 1530. The second-order valence-corrected chi connectivity index (χ2v) is 14.9. The summed E-state index contributed by atoms with van der Waals surface area (Å²) in [6.07, 6.45) is 3.46. The summed E-state index contributed by atoms with van der Waals surface area (Å²) in [7, 11) is 0. The Balaban J connectivity index is 0.00000160. The summed E-state index contributed by atoms with van der Waals surface area (Å²) in [6.45, 7) is 4.67. The molecule has 0 aliphatic heterocycles. The van der Waals surface area contributed by atoms with Crippen molar-refractivity contribution in [2.24, 2.45) is 5.92 Å². The molecular formula is C33H27Cl2FZr. The first kappa shape index (κ1) is 27.7. The molecule has 4 heteroatoms. The van der Waals surface area contributed by atoms with Crippen molar-refractivity contribution < 1.29 is 50.5 Å². The van der Waals surface area contributed by atoms with E-state index in [1.165, 1.54) is 39.0 Å². The van der Waals surface area contributed by atoms with Crippen molar-refractivity contribution in [3.05, 3.63) is 140 Å². The molecule has 1 atom stereocenters. The summed E-state index contributed by atoms with van der Waals surface area (Å²) < 4.78 is 19.4. The minimum Gasteiger partial charge on any atom is -1.00 e. The molecule has 4 aromatic rings. The molecule has 0 nitrogen and oxygen atoms in total. The smallest absolute Gasteiger partial charge is 1.00 e. The summed E-state index contributed by atoms with van der Waals surface area (Å²) in [4.78, 5) is 0. The molecule has 0 aromatic heterocycles. The Kier molecular flexibility index (Phi) is 8.64. The van der Waals surface area contributed by atoms with Crippen LogP contribution in [0.1, 0.15) is 36.1 Å². The molecule has 1 unspecified atom stereocenters. The second kappa shape index (κ2) is 11.6. The van der Waals surface area contributed by atoms with Gasteiger partial charge in [-0.25, -0.2) is 0 Å². The average Bonchev–Trinajstić information content (AvgIpc) is 3.41. The van der Waals surface area contributed by atoms with Gasteiger partial charge in [0.2, 0.25) is 0 Å². The van der Waals surface area contributed by atoms with Gasteiger partial charge in [-0.05, 0) is 0 Å². The molecule has 0 bridgehead atoms. The molecule has 0 fully saturated rings. The van der Waals surface area contributed by atoms with Gasteiger partial charge in [-0.3, -0.25) is 0 Å².